The van der Waals surface area contributed by atoms with E-state index < -0.39 is 54.4 Å². The predicted molar refractivity (Wildman–Crippen MR) is 77.6 cm³/mol. The van der Waals surface area contributed by atoms with Crippen molar-refractivity contribution in [2.45, 2.75) is 58.2 Å². The van der Waals surface area contributed by atoms with Gasteiger partial charge in [0.1, 0.15) is 12.7 Å². The van der Waals surface area contributed by atoms with Crippen LogP contribution in [0.1, 0.15) is 27.7 Å². The molecule has 0 N–H and O–H groups in total. The van der Waals surface area contributed by atoms with Gasteiger partial charge >= 0.3 is 23.9 Å². The summed E-state index contributed by atoms with van der Waals surface area (Å²) in [6, 6.07) is 1.79. The largest absolute Gasteiger partial charge is 0.462 e. The molecule has 1 aliphatic rings. The van der Waals surface area contributed by atoms with Crippen LogP contribution in [-0.2, 0) is 42.9 Å². The molecule has 1 heterocycles. The van der Waals surface area contributed by atoms with Crippen molar-refractivity contribution in [3.05, 3.63) is 0 Å². The van der Waals surface area contributed by atoms with Crippen LogP contribution in [0.3, 0.4) is 0 Å². The number of rotatable bonds is 6. The first kappa shape index (κ1) is 20.4. The van der Waals surface area contributed by atoms with Gasteiger partial charge in [0.05, 0.1) is 6.07 Å². The van der Waals surface area contributed by atoms with Crippen molar-refractivity contribution in [1.82, 2.24) is 0 Å². The van der Waals surface area contributed by atoms with Gasteiger partial charge in [-0.15, -0.1) is 0 Å². The van der Waals surface area contributed by atoms with Crippen LogP contribution in [0.2, 0.25) is 0 Å². The van der Waals surface area contributed by atoms with Gasteiger partial charge in [-0.3, -0.25) is 19.2 Å². The van der Waals surface area contributed by atoms with Gasteiger partial charge in [-0.05, 0) is 0 Å². The lowest BCUT2D eigenvalue weighted by molar-refractivity contribution is -0.176. The SMILES string of the molecule is CC(=O)OC[C@@H](OC(C)=O)[C@H]1O[C@H](C#N)[C@H](OC(C)=O)[C@H]1OC(C)=O. The number of nitriles is 1. The van der Waals surface area contributed by atoms with E-state index in [-0.39, 0.29) is 6.61 Å². The first-order valence-corrected chi connectivity index (χ1v) is 7.35. The third-order valence-electron chi connectivity index (χ3n) is 3.12. The van der Waals surface area contributed by atoms with Crippen LogP contribution in [0.15, 0.2) is 0 Å². The Labute approximate surface area is 143 Å². The normalized spacial score (nSPS) is 26.0. The maximum atomic E-state index is 11.4. The fraction of sp³-hybridized carbons (Fsp3) is 0.667. The summed E-state index contributed by atoms with van der Waals surface area (Å²) >= 11 is 0. The number of esters is 4. The monoisotopic (exact) mass is 357 g/mol. The van der Waals surface area contributed by atoms with Gasteiger partial charge < -0.3 is 23.7 Å². The molecule has 0 amide bonds. The van der Waals surface area contributed by atoms with E-state index in [0.717, 1.165) is 27.7 Å². The van der Waals surface area contributed by atoms with E-state index in [9.17, 15) is 24.4 Å². The molecule has 1 rings (SSSR count). The minimum absolute atomic E-state index is 0.387. The van der Waals surface area contributed by atoms with E-state index in [2.05, 4.69) is 0 Å². The fourth-order valence-electron chi connectivity index (χ4n) is 2.34. The van der Waals surface area contributed by atoms with Crippen molar-refractivity contribution in [3.63, 3.8) is 0 Å². The Kier molecular flexibility index (Phi) is 7.32. The van der Waals surface area contributed by atoms with Crippen molar-refractivity contribution in [2.24, 2.45) is 0 Å². The Morgan fingerprint density at radius 3 is 1.96 bits per heavy atom. The zero-order valence-corrected chi connectivity index (χ0v) is 14.2. The van der Waals surface area contributed by atoms with Gasteiger partial charge in [0, 0.05) is 27.7 Å². The first-order valence-electron chi connectivity index (χ1n) is 7.35. The molecule has 5 atom stereocenters. The zero-order chi connectivity index (χ0) is 19.1. The number of hydrogen-bond donors (Lipinski definition) is 0. The second-order valence-electron chi connectivity index (χ2n) is 5.25. The Morgan fingerprint density at radius 2 is 1.52 bits per heavy atom. The third-order valence-corrected chi connectivity index (χ3v) is 3.12. The van der Waals surface area contributed by atoms with Gasteiger partial charge in [0.15, 0.2) is 24.4 Å². The molecule has 1 fully saturated rings. The molecule has 0 aromatic rings. The summed E-state index contributed by atoms with van der Waals surface area (Å²) < 4.78 is 25.5. The lowest BCUT2D eigenvalue weighted by Gasteiger charge is -2.27. The van der Waals surface area contributed by atoms with E-state index in [4.69, 9.17) is 23.7 Å². The Hall–Kier alpha value is -2.67. The van der Waals surface area contributed by atoms with Crippen LogP contribution in [-0.4, -0.2) is 61.0 Å². The zero-order valence-electron chi connectivity index (χ0n) is 14.2. The summed E-state index contributed by atoms with van der Waals surface area (Å²) in [5, 5.41) is 9.20. The Balaban J connectivity index is 3.13. The van der Waals surface area contributed by atoms with Gasteiger partial charge in [0.2, 0.25) is 0 Å². The highest BCUT2D eigenvalue weighted by Crippen LogP contribution is 2.30. The van der Waals surface area contributed by atoms with Crippen molar-refractivity contribution >= 4 is 23.9 Å². The minimum atomic E-state index is -1.26. The number of ether oxygens (including phenoxy) is 5. The molecule has 10 heteroatoms. The summed E-state index contributed by atoms with van der Waals surface area (Å²) in [6.45, 7) is 4.14. The molecule has 1 saturated heterocycles. The molecule has 0 unspecified atom stereocenters. The van der Waals surface area contributed by atoms with Crippen LogP contribution >= 0.6 is 0 Å². The lowest BCUT2D eigenvalue weighted by Crippen LogP contribution is -2.46. The van der Waals surface area contributed by atoms with Crippen molar-refractivity contribution in [2.75, 3.05) is 6.61 Å². The summed E-state index contributed by atoms with van der Waals surface area (Å²) in [7, 11) is 0. The molecule has 0 aliphatic carbocycles. The van der Waals surface area contributed by atoms with Crippen molar-refractivity contribution < 1.29 is 42.9 Å². The standard InChI is InChI=1S/C15H19NO9/c1-7(17)21-6-12(22-8(2)18)14-15(24-10(4)20)13(23-9(3)19)11(5-16)25-14/h11-15H,6H2,1-4H3/t11-,12-,13+,14-,15-/m1/s1. The van der Waals surface area contributed by atoms with Gasteiger partial charge in [0.25, 0.3) is 0 Å². The number of hydrogen-bond acceptors (Lipinski definition) is 10. The highest BCUT2D eigenvalue weighted by molar-refractivity contribution is 5.68. The predicted octanol–water partition coefficient (Wildman–Crippen LogP) is -0.364. The molecular weight excluding hydrogens is 338 g/mol. The summed E-state index contributed by atoms with van der Waals surface area (Å²) in [5.74, 6) is -2.77. The molecular formula is C15H19NO9. The average molecular weight is 357 g/mol. The average Bonchev–Trinajstić information content (AvgIpc) is 2.79. The van der Waals surface area contributed by atoms with E-state index in [1.807, 2.05) is 0 Å². The number of nitrogens with zero attached hydrogens (tertiary/aromatic N) is 1. The van der Waals surface area contributed by atoms with E-state index >= 15 is 0 Å². The summed E-state index contributed by atoms with van der Waals surface area (Å²) in [5.41, 5.74) is 0. The van der Waals surface area contributed by atoms with Crippen LogP contribution in [0.25, 0.3) is 0 Å². The molecule has 10 nitrogen and oxygen atoms in total. The highest BCUT2D eigenvalue weighted by Gasteiger charge is 2.53. The molecule has 0 saturated carbocycles. The molecule has 0 bridgehead atoms. The van der Waals surface area contributed by atoms with Gasteiger partial charge in [-0.25, -0.2) is 0 Å². The fourth-order valence-corrected chi connectivity index (χ4v) is 2.34. The quantitative estimate of drug-likeness (QED) is 0.457. The van der Waals surface area contributed by atoms with Crippen LogP contribution in [0.4, 0.5) is 0 Å². The molecule has 0 aromatic heterocycles. The van der Waals surface area contributed by atoms with Crippen molar-refractivity contribution in [1.29, 1.82) is 5.26 Å². The molecule has 25 heavy (non-hydrogen) atoms. The van der Waals surface area contributed by atoms with Crippen LogP contribution < -0.4 is 0 Å². The number of carbonyl (C=O) groups excluding carboxylic acids is 4. The minimum Gasteiger partial charge on any atom is -0.462 e. The van der Waals surface area contributed by atoms with E-state index in [0.29, 0.717) is 0 Å². The Bertz CT molecular complexity index is 582. The number of carbonyl (C=O) groups is 4. The maximum absolute atomic E-state index is 11.4. The Morgan fingerprint density at radius 1 is 0.960 bits per heavy atom. The molecule has 0 spiro atoms. The molecule has 0 radical (unpaired) electrons. The highest BCUT2D eigenvalue weighted by atomic mass is 16.7. The third kappa shape index (κ3) is 6.04. The topological polar surface area (TPSA) is 138 Å². The van der Waals surface area contributed by atoms with Gasteiger partial charge in [-0.1, -0.05) is 0 Å². The summed E-state index contributed by atoms with van der Waals surface area (Å²) in [4.78, 5) is 45.0. The van der Waals surface area contributed by atoms with Crippen LogP contribution in [0, 0.1) is 11.3 Å². The van der Waals surface area contributed by atoms with Crippen LogP contribution in [0.5, 0.6) is 0 Å². The van der Waals surface area contributed by atoms with Crippen molar-refractivity contribution in [3.8, 4) is 6.07 Å². The molecule has 1 aliphatic heterocycles. The lowest BCUT2D eigenvalue weighted by atomic mass is 10.0. The van der Waals surface area contributed by atoms with E-state index in [1.54, 1.807) is 6.07 Å². The summed E-state index contributed by atoms with van der Waals surface area (Å²) in [6.07, 6.45) is -6.02. The smallest absolute Gasteiger partial charge is 0.303 e. The first-order chi connectivity index (χ1) is 11.6. The molecule has 138 valence electrons. The molecule has 0 aromatic carbocycles. The second-order valence-corrected chi connectivity index (χ2v) is 5.25. The maximum Gasteiger partial charge on any atom is 0.303 e. The van der Waals surface area contributed by atoms with Gasteiger partial charge in [-0.2, -0.15) is 5.26 Å². The van der Waals surface area contributed by atoms with E-state index in [1.165, 1.54) is 0 Å². The second kappa shape index (κ2) is 8.98.